The normalized spacial score (nSPS) is 10.5. The minimum absolute atomic E-state index is 0.819. The summed E-state index contributed by atoms with van der Waals surface area (Å²) >= 11 is 1.68. The number of nitrogens with one attached hydrogen (secondary N) is 1. The van der Waals surface area contributed by atoms with Crippen LogP contribution in [0.25, 0.3) is 11.3 Å². The Kier molecular flexibility index (Phi) is 3.76. The van der Waals surface area contributed by atoms with Gasteiger partial charge in [-0.25, -0.2) is 4.98 Å². The zero-order valence-electron chi connectivity index (χ0n) is 10.3. The number of hydrogen-bond donors (Lipinski definition) is 1. The molecule has 1 N–H and O–H groups in total. The molecule has 0 saturated carbocycles. The summed E-state index contributed by atoms with van der Waals surface area (Å²) in [6.45, 7) is 2.90. The second-order valence-corrected chi connectivity index (χ2v) is 4.78. The molecule has 4 heteroatoms. The van der Waals surface area contributed by atoms with E-state index in [1.54, 1.807) is 18.4 Å². The van der Waals surface area contributed by atoms with Crippen molar-refractivity contribution in [1.29, 1.82) is 0 Å². The molecule has 0 aliphatic carbocycles. The third-order valence-corrected chi connectivity index (χ3v) is 3.44. The molecule has 2 rings (SSSR count). The molecule has 0 amide bonds. The Bertz CT molecular complexity index is 508. The molecule has 0 spiro atoms. The fourth-order valence-electron chi connectivity index (χ4n) is 1.72. The van der Waals surface area contributed by atoms with Gasteiger partial charge >= 0.3 is 0 Å². The van der Waals surface area contributed by atoms with Gasteiger partial charge in [0.05, 0.1) is 12.8 Å². The largest absolute Gasteiger partial charge is 0.497 e. The number of hydrogen-bond acceptors (Lipinski definition) is 4. The van der Waals surface area contributed by atoms with Crippen LogP contribution in [-0.4, -0.2) is 19.1 Å². The van der Waals surface area contributed by atoms with Gasteiger partial charge in [-0.15, -0.1) is 11.3 Å². The van der Waals surface area contributed by atoms with Crippen molar-refractivity contribution in [3.63, 3.8) is 0 Å². The van der Waals surface area contributed by atoms with Gasteiger partial charge in [0.15, 0.2) is 0 Å². The molecular formula is C13H16N2OS. The Balaban J connectivity index is 2.32. The van der Waals surface area contributed by atoms with Crippen molar-refractivity contribution in [1.82, 2.24) is 10.3 Å². The molecule has 1 aromatic heterocycles. The van der Waals surface area contributed by atoms with Crippen LogP contribution >= 0.6 is 11.3 Å². The minimum atomic E-state index is 0.819. The molecule has 0 aliphatic heterocycles. The fourth-order valence-corrected chi connectivity index (χ4v) is 2.52. The number of ether oxygens (including phenoxy) is 1. The third kappa shape index (κ3) is 2.65. The van der Waals surface area contributed by atoms with Gasteiger partial charge in [0.1, 0.15) is 10.8 Å². The number of nitrogens with zero attached hydrogens (tertiary/aromatic N) is 1. The van der Waals surface area contributed by atoms with Crippen LogP contribution in [0.4, 0.5) is 0 Å². The van der Waals surface area contributed by atoms with E-state index in [0.717, 1.165) is 23.0 Å². The van der Waals surface area contributed by atoms with E-state index in [1.165, 1.54) is 11.1 Å². The van der Waals surface area contributed by atoms with Crippen LogP contribution in [0.2, 0.25) is 0 Å². The molecule has 1 aromatic carbocycles. The highest BCUT2D eigenvalue weighted by Crippen LogP contribution is 2.27. The van der Waals surface area contributed by atoms with Gasteiger partial charge < -0.3 is 10.1 Å². The van der Waals surface area contributed by atoms with E-state index in [1.807, 2.05) is 19.2 Å². The van der Waals surface area contributed by atoms with Crippen LogP contribution in [0.1, 0.15) is 10.6 Å². The minimum Gasteiger partial charge on any atom is -0.497 e. The fraction of sp³-hybridized carbons (Fsp3) is 0.308. The topological polar surface area (TPSA) is 34.2 Å². The summed E-state index contributed by atoms with van der Waals surface area (Å²) in [7, 11) is 3.61. The average Bonchev–Trinajstić information content (AvgIpc) is 2.78. The number of methoxy groups -OCH3 is 1. The van der Waals surface area contributed by atoms with E-state index in [9.17, 15) is 0 Å². The van der Waals surface area contributed by atoms with E-state index in [-0.39, 0.29) is 0 Å². The molecule has 2 aromatic rings. The number of aromatic nitrogens is 1. The van der Waals surface area contributed by atoms with E-state index < -0.39 is 0 Å². The first kappa shape index (κ1) is 12.1. The van der Waals surface area contributed by atoms with Crippen LogP contribution in [-0.2, 0) is 6.54 Å². The summed E-state index contributed by atoms with van der Waals surface area (Å²) in [5.41, 5.74) is 3.40. The van der Waals surface area contributed by atoms with Gasteiger partial charge in [0.25, 0.3) is 0 Å². The van der Waals surface area contributed by atoms with Crippen molar-refractivity contribution in [3.05, 3.63) is 34.2 Å². The third-order valence-electron chi connectivity index (χ3n) is 2.59. The number of aryl methyl sites for hydroxylation is 1. The van der Waals surface area contributed by atoms with Crippen molar-refractivity contribution in [2.75, 3.05) is 14.2 Å². The lowest BCUT2D eigenvalue weighted by Gasteiger charge is -2.05. The van der Waals surface area contributed by atoms with E-state index in [2.05, 4.69) is 28.7 Å². The lowest BCUT2D eigenvalue weighted by Crippen LogP contribution is -2.04. The van der Waals surface area contributed by atoms with E-state index in [0.29, 0.717) is 0 Å². The Morgan fingerprint density at radius 3 is 2.88 bits per heavy atom. The molecule has 0 fully saturated rings. The summed E-state index contributed by atoms with van der Waals surface area (Å²) in [6.07, 6.45) is 0. The van der Waals surface area contributed by atoms with Crippen molar-refractivity contribution < 1.29 is 4.74 Å². The molecule has 3 nitrogen and oxygen atoms in total. The molecule has 0 bridgehead atoms. The highest BCUT2D eigenvalue weighted by molar-refractivity contribution is 7.09. The average molecular weight is 248 g/mol. The van der Waals surface area contributed by atoms with Crippen molar-refractivity contribution in [2.45, 2.75) is 13.5 Å². The van der Waals surface area contributed by atoms with Crippen LogP contribution in [0, 0.1) is 6.92 Å². The second-order valence-electron chi connectivity index (χ2n) is 3.84. The number of benzene rings is 1. The molecular weight excluding hydrogens is 232 g/mol. The van der Waals surface area contributed by atoms with Crippen LogP contribution in [0.5, 0.6) is 5.75 Å². The van der Waals surface area contributed by atoms with Crippen molar-refractivity contribution >= 4 is 11.3 Å². The summed E-state index contributed by atoms with van der Waals surface area (Å²) in [4.78, 5) is 4.60. The maximum Gasteiger partial charge on any atom is 0.119 e. The van der Waals surface area contributed by atoms with Crippen molar-refractivity contribution in [3.8, 4) is 17.0 Å². The first-order valence-electron chi connectivity index (χ1n) is 5.48. The highest BCUT2D eigenvalue weighted by atomic mass is 32.1. The molecule has 0 aliphatic rings. The van der Waals surface area contributed by atoms with Gasteiger partial charge in [-0.2, -0.15) is 0 Å². The lowest BCUT2D eigenvalue weighted by molar-refractivity contribution is 0.414. The predicted octanol–water partition coefficient (Wildman–Crippen LogP) is 2.85. The molecule has 0 atom stereocenters. The molecule has 90 valence electrons. The standard InChI is InChI=1S/C13H16N2OS/c1-9-6-10(16-3)4-5-11(9)12-8-17-13(15-12)7-14-2/h4-6,8,14H,7H2,1-3H3. The van der Waals surface area contributed by atoms with Gasteiger partial charge in [0, 0.05) is 17.5 Å². The summed E-state index contributed by atoms with van der Waals surface area (Å²) in [5.74, 6) is 0.886. The van der Waals surface area contributed by atoms with Gasteiger partial charge in [0.2, 0.25) is 0 Å². The SMILES string of the molecule is CNCc1nc(-c2ccc(OC)cc2C)cs1. The maximum absolute atomic E-state index is 5.20. The Labute approximate surface area is 105 Å². The smallest absolute Gasteiger partial charge is 0.119 e. The van der Waals surface area contributed by atoms with Crippen LogP contribution < -0.4 is 10.1 Å². The monoisotopic (exact) mass is 248 g/mol. The molecule has 0 saturated heterocycles. The predicted molar refractivity (Wildman–Crippen MR) is 71.6 cm³/mol. The van der Waals surface area contributed by atoms with Gasteiger partial charge in [-0.3, -0.25) is 0 Å². The number of thiazole rings is 1. The molecule has 17 heavy (non-hydrogen) atoms. The quantitative estimate of drug-likeness (QED) is 0.903. The van der Waals surface area contributed by atoms with E-state index >= 15 is 0 Å². The molecule has 0 radical (unpaired) electrons. The second kappa shape index (κ2) is 5.29. The van der Waals surface area contributed by atoms with Crippen molar-refractivity contribution in [2.24, 2.45) is 0 Å². The van der Waals surface area contributed by atoms with Gasteiger partial charge in [-0.1, -0.05) is 0 Å². The van der Waals surface area contributed by atoms with Crippen LogP contribution in [0.15, 0.2) is 23.6 Å². The molecule has 0 unspecified atom stereocenters. The summed E-state index contributed by atoms with van der Waals surface area (Å²) in [5, 5.41) is 6.32. The van der Waals surface area contributed by atoms with Gasteiger partial charge in [-0.05, 0) is 37.7 Å². The lowest BCUT2D eigenvalue weighted by atomic mass is 10.1. The maximum atomic E-state index is 5.20. The van der Waals surface area contributed by atoms with E-state index in [4.69, 9.17) is 4.74 Å². The Hall–Kier alpha value is -1.39. The first-order valence-corrected chi connectivity index (χ1v) is 6.36. The highest BCUT2D eigenvalue weighted by Gasteiger charge is 2.07. The first-order chi connectivity index (χ1) is 8.24. The Morgan fingerprint density at radius 1 is 1.41 bits per heavy atom. The molecule has 1 heterocycles. The summed E-state index contributed by atoms with van der Waals surface area (Å²) < 4.78 is 5.20. The zero-order chi connectivity index (χ0) is 12.3. The summed E-state index contributed by atoms with van der Waals surface area (Å²) in [6, 6.07) is 6.07. The zero-order valence-corrected chi connectivity index (χ0v) is 11.1. The Morgan fingerprint density at radius 2 is 2.24 bits per heavy atom. The van der Waals surface area contributed by atoms with Crippen LogP contribution in [0.3, 0.4) is 0 Å². The number of rotatable bonds is 4.